The Bertz CT molecular complexity index is 1790. The van der Waals surface area contributed by atoms with Crippen molar-refractivity contribution in [3.05, 3.63) is 61.3 Å². The van der Waals surface area contributed by atoms with Crippen molar-refractivity contribution in [3.63, 3.8) is 0 Å². The molecule has 0 unspecified atom stereocenters. The monoisotopic (exact) mass is 572 g/mol. The molecular weight excluding hydrogens is 540 g/mol. The first-order valence-corrected chi connectivity index (χ1v) is 15.1. The molecule has 0 amide bonds. The van der Waals surface area contributed by atoms with Crippen molar-refractivity contribution < 1.29 is 9.47 Å². The Morgan fingerprint density at radius 1 is 1.10 bits per heavy atom. The standard InChI is InChI=1S/C30H32N6O4S/c1-17(2)40-27-24(25(37)26(27)38)18-6-8-35(9-7-18)16-19-14-23-28(41-19)30(36-10-12-39-13-11-36)33-29(32-23)20-4-3-5-22-21(20)15-31-34-22/h3-5,14-15,17-18H,6-13,16H2,1-2H3,(H,31,34). The largest absolute Gasteiger partial charge is 0.486 e. The summed E-state index contributed by atoms with van der Waals surface area (Å²) in [5, 5.41) is 8.27. The van der Waals surface area contributed by atoms with E-state index in [0.717, 1.165) is 78.1 Å². The molecule has 11 heteroatoms. The lowest BCUT2D eigenvalue weighted by Crippen LogP contribution is -2.42. The number of thiophene rings is 1. The molecule has 1 N–H and O–H groups in total. The smallest absolute Gasteiger partial charge is 0.268 e. The molecule has 2 aromatic carbocycles. The summed E-state index contributed by atoms with van der Waals surface area (Å²) in [6.07, 6.45) is 3.38. The van der Waals surface area contributed by atoms with Crippen molar-refractivity contribution in [1.82, 2.24) is 25.1 Å². The number of nitrogens with zero attached hydrogens (tertiary/aromatic N) is 5. The zero-order chi connectivity index (χ0) is 28.1. The third-order valence-corrected chi connectivity index (χ3v) is 9.18. The minimum absolute atomic E-state index is 0.0829. The van der Waals surface area contributed by atoms with E-state index < -0.39 is 5.43 Å². The summed E-state index contributed by atoms with van der Waals surface area (Å²) < 4.78 is 12.4. The Balaban J connectivity index is 1.15. The van der Waals surface area contributed by atoms with Gasteiger partial charge in [0.15, 0.2) is 17.4 Å². The fraction of sp³-hybridized carbons (Fsp3) is 0.433. The molecule has 3 aromatic heterocycles. The van der Waals surface area contributed by atoms with Crippen molar-refractivity contribution >= 4 is 38.3 Å². The van der Waals surface area contributed by atoms with E-state index in [1.54, 1.807) is 11.3 Å². The van der Waals surface area contributed by atoms with Crippen LogP contribution in [0.15, 0.2) is 40.1 Å². The Morgan fingerprint density at radius 3 is 2.68 bits per heavy atom. The van der Waals surface area contributed by atoms with Crippen molar-refractivity contribution in [2.45, 2.75) is 45.3 Å². The van der Waals surface area contributed by atoms with Gasteiger partial charge in [0, 0.05) is 35.5 Å². The number of hydrogen-bond acceptors (Lipinski definition) is 10. The average molecular weight is 573 g/mol. The summed E-state index contributed by atoms with van der Waals surface area (Å²) in [4.78, 5) is 40.5. The summed E-state index contributed by atoms with van der Waals surface area (Å²) in [6, 6.07) is 8.25. The second-order valence-corrected chi connectivity index (χ2v) is 12.3. The third kappa shape index (κ3) is 4.81. The number of ether oxygens (including phenoxy) is 2. The van der Waals surface area contributed by atoms with Gasteiger partial charge in [0.25, 0.3) is 5.43 Å². The van der Waals surface area contributed by atoms with Gasteiger partial charge < -0.3 is 14.4 Å². The first-order valence-electron chi connectivity index (χ1n) is 14.2. The van der Waals surface area contributed by atoms with Crippen LogP contribution in [0.1, 0.15) is 43.0 Å². The van der Waals surface area contributed by atoms with Gasteiger partial charge in [-0.2, -0.15) is 5.10 Å². The zero-order valence-corrected chi connectivity index (χ0v) is 24.0. The quantitative estimate of drug-likeness (QED) is 0.291. The van der Waals surface area contributed by atoms with Crippen molar-refractivity contribution in [3.8, 4) is 17.1 Å². The van der Waals surface area contributed by atoms with E-state index in [0.29, 0.717) is 30.4 Å². The molecule has 0 saturated carbocycles. The van der Waals surface area contributed by atoms with Crippen LogP contribution in [0, 0.1) is 0 Å². The number of likely N-dealkylation sites (tertiary alicyclic amines) is 1. The number of anilines is 1. The summed E-state index contributed by atoms with van der Waals surface area (Å²) in [6.45, 7) is 9.23. The lowest BCUT2D eigenvalue weighted by molar-refractivity contribution is 0.122. The summed E-state index contributed by atoms with van der Waals surface area (Å²) in [7, 11) is 0. The van der Waals surface area contributed by atoms with Gasteiger partial charge in [-0.1, -0.05) is 12.1 Å². The molecule has 41 heavy (non-hydrogen) atoms. The predicted octanol–water partition coefficient (Wildman–Crippen LogP) is 3.83. The molecule has 10 nitrogen and oxygen atoms in total. The van der Waals surface area contributed by atoms with Gasteiger partial charge in [-0.15, -0.1) is 11.3 Å². The molecule has 212 valence electrons. The SMILES string of the molecule is CC(C)Oc1c(C2CCN(Cc3cc4nc(-c5cccc6[nH]ncc56)nc(N5CCOCC5)c4s3)CC2)c(=O)c1=O. The number of hydrogen-bond donors (Lipinski definition) is 1. The molecule has 0 atom stereocenters. The number of benzene rings is 1. The second-order valence-electron chi connectivity index (χ2n) is 11.2. The third-order valence-electron chi connectivity index (χ3n) is 8.07. The number of aromatic amines is 1. The molecule has 0 radical (unpaired) electrons. The Hall–Kier alpha value is -3.67. The number of H-pyrrole nitrogens is 1. The molecule has 0 aliphatic carbocycles. The topological polar surface area (TPSA) is 114 Å². The zero-order valence-electron chi connectivity index (χ0n) is 23.2. The van der Waals surface area contributed by atoms with Crippen LogP contribution in [0.5, 0.6) is 5.75 Å². The van der Waals surface area contributed by atoms with E-state index in [1.165, 1.54) is 4.88 Å². The molecule has 2 aliphatic heterocycles. The van der Waals surface area contributed by atoms with Crippen LogP contribution < -0.4 is 20.5 Å². The molecule has 2 saturated heterocycles. The maximum atomic E-state index is 12.3. The Morgan fingerprint density at radius 2 is 1.90 bits per heavy atom. The summed E-state index contributed by atoms with van der Waals surface area (Å²) in [5.74, 6) is 2.04. The van der Waals surface area contributed by atoms with Crippen LogP contribution in [-0.2, 0) is 11.3 Å². The molecule has 2 aliphatic rings. The molecule has 2 fully saturated rings. The lowest BCUT2D eigenvalue weighted by Gasteiger charge is -2.32. The van der Waals surface area contributed by atoms with Crippen molar-refractivity contribution in [2.75, 3.05) is 44.3 Å². The first-order chi connectivity index (χ1) is 20.0. The van der Waals surface area contributed by atoms with Gasteiger partial charge >= 0.3 is 0 Å². The van der Waals surface area contributed by atoms with Crippen LogP contribution in [0.2, 0.25) is 0 Å². The molecule has 7 rings (SSSR count). The minimum atomic E-state index is -0.470. The number of piperidine rings is 1. The van der Waals surface area contributed by atoms with Crippen LogP contribution in [0.3, 0.4) is 0 Å². The predicted molar refractivity (Wildman–Crippen MR) is 160 cm³/mol. The van der Waals surface area contributed by atoms with E-state index in [9.17, 15) is 9.59 Å². The molecular formula is C30H32N6O4S. The van der Waals surface area contributed by atoms with Crippen molar-refractivity contribution in [1.29, 1.82) is 0 Å². The maximum Gasteiger partial charge on any atom is 0.268 e. The lowest BCUT2D eigenvalue weighted by atomic mass is 9.86. The highest BCUT2D eigenvalue weighted by molar-refractivity contribution is 7.19. The van der Waals surface area contributed by atoms with E-state index >= 15 is 0 Å². The molecule has 5 aromatic rings. The second kappa shape index (κ2) is 10.6. The summed E-state index contributed by atoms with van der Waals surface area (Å²) in [5.41, 5.74) is 2.64. The molecule has 0 bridgehead atoms. The maximum absolute atomic E-state index is 12.3. The molecule has 0 spiro atoms. The van der Waals surface area contributed by atoms with Crippen LogP contribution >= 0.6 is 11.3 Å². The Labute approximate surface area is 240 Å². The van der Waals surface area contributed by atoms with E-state index in [2.05, 4.69) is 26.1 Å². The summed E-state index contributed by atoms with van der Waals surface area (Å²) >= 11 is 1.76. The van der Waals surface area contributed by atoms with Gasteiger partial charge in [-0.05, 0) is 57.8 Å². The highest BCUT2D eigenvalue weighted by Gasteiger charge is 2.32. The number of morpholine rings is 1. The van der Waals surface area contributed by atoms with Gasteiger partial charge in [-0.3, -0.25) is 19.6 Å². The fourth-order valence-corrected chi connectivity index (χ4v) is 7.18. The van der Waals surface area contributed by atoms with Crippen LogP contribution in [0.4, 0.5) is 5.82 Å². The van der Waals surface area contributed by atoms with Crippen LogP contribution in [-0.4, -0.2) is 70.6 Å². The number of fused-ring (bicyclic) bond motifs is 2. The van der Waals surface area contributed by atoms with E-state index in [-0.39, 0.29) is 17.5 Å². The number of nitrogens with one attached hydrogen (secondary N) is 1. The van der Waals surface area contributed by atoms with Gasteiger partial charge in [0.05, 0.1) is 46.8 Å². The minimum Gasteiger partial charge on any atom is -0.486 e. The Kier molecular flexibility index (Phi) is 6.80. The highest BCUT2D eigenvalue weighted by Crippen LogP contribution is 2.37. The number of aromatic nitrogens is 4. The number of rotatable bonds is 7. The van der Waals surface area contributed by atoms with E-state index in [1.807, 2.05) is 38.2 Å². The highest BCUT2D eigenvalue weighted by atomic mass is 32.1. The van der Waals surface area contributed by atoms with Crippen LogP contribution in [0.25, 0.3) is 32.5 Å². The van der Waals surface area contributed by atoms with Gasteiger partial charge in [-0.25, -0.2) is 9.97 Å². The molecule has 5 heterocycles. The first kappa shape index (κ1) is 26.2. The fourth-order valence-electron chi connectivity index (χ4n) is 6.03. The average Bonchev–Trinajstić information content (AvgIpc) is 3.64. The normalized spacial score (nSPS) is 17.4. The van der Waals surface area contributed by atoms with E-state index in [4.69, 9.17) is 19.4 Å². The van der Waals surface area contributed by atoms with Gasteiger partial charge in [0.2, 0.25) is 5.43 Å². The van der Waals surface area contributed by atoms with Gasteiger partial charge in [0.1, 0.15) is 0 Å². The van der Waals surface area contributed by atoms with Crippen molar-refractivity contribution in [2.24, 2.45) is 0 Å².